The van der Waals surface area contributed by atoms with Crippen LogP contribution in [0.5, 0.6) is 0 Å². The van der Waals surface area contributed by atoms with Crippen LogP contribution < -0.4 is 4.72 Å². The first-order valence-electron chi connectivity index (χ1n) is 7.25. The number of nitrogens with zero attached hydrogens (tertiary/aromatic N) is 2. The van der Waals surface area contributed by atoms with Crippen LogP contribution in [0.25, 0.3) is 0 Å². The van der Waals surface area contributed by atoms with Crippen LogP contribution in [-0.2, 0) is 16.6 Å². The second-order valence-electron chi connectivity index (χ2n) is 5.79. The molecule has 1 aromatic heterocycles. The van der Waals surface area contributed by atoms with Crippen LogP contribution in [0.15, 0.2) is 6.20 Å². The Bertz CT molecular complexity index is 566. The van der Waals surface area contributed by atoms with Crippen molar-refractivity contribution in [2.75, 3.05) is 11.3 Å². The maximum absolute atomic E-state index is 11.9. The number of anilines is 1. The van der Waals surface area contributed by atoms with Crippen molar-refractivity contribution in [2.45, 2.75) is 56.9 Å². The zero-order valence-electron chi connectivity index (χ0n) is 11.7. The molecule has 0 spiro atoms. The Hall–Kier alpha value is -0.660. The number of likely N-dealkylation sites (tertiary alicyclic amines) is 1. The molecule has 1 aliphatic heterocycles. The zero-order chi connectivity index (χ0) is 14.2. The Morgan fingerprint density at radius 1 is 1.40 bits per heavy atom. The summed E-state index contributed by atoms with van der Waals surface area (Å²) in [7, 11) is -3.19. The van der Waals surface area contributed by atoms with Crippen LogP contribution in [0.2, 0.25) is 0 Å². The SMILES string of the molecule is CC1CCCCN1Cc1cnc(NS(=O)(=O)C2CC2)s1. The fourth-order valence-corrected chi connectivity index (χ4v) is 5.03. The van der Waals surface area contributed by atoms with Crippen LogP contribution in [-0.4, -0.2) is 36.1 Å². The lowest BCUT2D eigenvalue weighted by Gasteiger charge is -2.32. The number of sulfonamides is 1. The zero-order valence-corrected chi connectivity index (χ0v) is 13.3. The van der Waals surface area contributed by atoms with Gasteiger partial charge in [-0.2, -0.15) is 0 Å². The van der Waals surface area contributed by atoms with E-state index in [1.807, 2.05) is 0 Å². The number of nitrogens with one attached hydrogen (secondary N) is 1. The summed E-state index contributed by atoms with van der Waals surface area (Å²) in [5.74, 6) is 0. The minimum atomic E-state index is -3.19. The van der Waals surface area contributed by atoms with Crippen molar-refractivity contribution in [2.24, 2.45) is 0 Å². The molecule has 7 heteroatoms. The van der Waals surface area contributed by atoms with Crippen LogP contribution >= 0.6 is 11.3 Å². The molecule has 20 heavy (non-hydrogen) atoms. The van der Waals surface area contributed by atoms with Crippen molar-refractivity contribution >= 4 is 26.5 Å². The van der Waals surface area contributed by atoms with E-state index in [2.05, 4.69) is 21.5 Å². The van der Waals surface area contributed by atoms with Gasteiger partial charge >= 0.3 is 0 Å². The molecule has 2 fully saturated rings. The third kappa shape index (κ3) is 3.32. The van der Waals surface area contributed by atoms with Gasteiger partial charge in [-0.25, -0.2) is 13.4 Å². The molecular weight excluding hydrogens is 294 g/mol. The molecule has 5 nitrogen and oxygen atoms in total. The van der Waals surface area contributed by atoms with Gasteiger partial charge in [0.15, 0.2) is 5.13 Å². The smallest absolute Gasteiger partial charge is 0.237 e. The van der Waals surface area contributed by atoms with Gasteiger partial charge < -0.3 is 0 Å². The van der Waals surface area contributed by atoms with Crippen molar-refractivity contribution in [1.82, 2.24) is 9.88 Å². The van der Waals surface area contributed by atoms with Crippen LogP contribution in [0.1, 0.15) is 43.9 Å². The average Bonchev–Trinajstić information content (AvgIpc) is 3.17. The molecule has 112 valence electrons. The maximum atomic E-state index is 11.9. The van der Waals surface area contributed by atoms with Gasteiger partial charge in [0.05, 0.1) is 5.25 Å². The summed E-state index contributed by atoms with van der Waals surface area (Å²) in [6.45, 7) is 4.27. The molecule has 1 saturated heterocycles. The molecule has 0 bridgehead atoms. The standard InChI is InChI=1S/C13H21N3O2S2/c1-10-4-2-3-7-16(10)9-11-8-14-13(19-11)15-20(17,18)12-5-6-12/h8,10,12H,2-7,9H2,1H3,(H,14,15). The molecule has 0 aromatic carbocycles. The summed E-state index contributed by atoms with van der Waals surface area (Å²) < 4.78 is 26.3. The summed E-state index contributed by atoms with van der Waals surface area (Å²) in [5.41, 5.74) is 0. The van der Waals surface area contributed by atoms with Crippen molar-refractivity contribution in [3.8, 4) is 0 Å². The van der Waals surface area contributed by atoms with E-state index in [-0.39, 0.29) is 5.25 Å². The number of hydrogen-bond donors (Lipinski definition) is 1. The number of piperidine rings is 1. The molecular formula is C13H21N3O2S2. The quantitative estimate of drug-likeness (QED) is 0.906. The van der Waals surface area contributed by atoms with E-state index in [9.17, 15) is 8.42 Å². The van der Waals surface area contributed by atoms with Gasteiger partial charge in [0.1, 0.15) is 0 Å². The van der Waals surface area contributed by atoms with Crippen molar-refractivity contribution in [3.63, 3.8) is 0 Å². The molecule has 1 atom stereocenters. The first-order valence-corrected chi connectivity index (χ1v) is 9.61. The van der Waals surface area contributed by atoms with Gasteiger partial charge in [0.25, 0.3) is 0 Å². The molecule has 0 radical (unpaired) electrons. The summed E-state index contributed by atoms with van der Waals surface area (Å²) in [4.78, 5) is 7.79. The number of aromatic nitrogens is 1. The van der Waals surface area contributed by atoms with Crippen LogP contribution in [0, 0.1) is 0 Å². The van der Waals surface area contributed by atoms with Gasteiger partial charge in [-0.05, 0) is 39.2 Å². The average molecular weight is 315 g/mol. The summed E-state index contributed by atoms with van der Waals surface area (Å²) in [6, 6.07) is 0.609. The second-order valence-corrected chi connectivity index (χ2v) is 8.87. The van der Waals surface area contributed by atoms with Gasteiger partial charge in [-0.3, -0.25) is 9.62 Å². The highest BCUT2D eigenvalue weighted by Crippen LogP contribution is 2.31. The van der Waals surface area contributed by atoms with E-state index in [1.165, 1.54) is 30.6 Å². The Morgan fingerprint density at radius 2 is 2.20 bits per heavy atom. The van der Waals surface area contributed by atoms with Crippen LogP contribution in [0.4, 0.5) is 5.13 Å². The second kappa shape index (κ2) is 5.61. The molecule has 2 aliphatic rings. The number of thiazole rings is 1. The molecule has 1 N–H and O–H groups in total. The van der Waals surface area contributed by atoms with E-state index < -0.39 is 10.0 Å². The van der Waals surface area contributed by atoms with Crippen molar-refractivity contribution in [1.29, 1.82) is 0 Å². The lowest BCUT2D eigenvalue weighted by Crippen LogP contribution is -2.36. The number of rotatable bonds is 5. The highest BCUT2D eigenvalue weighted by Gasteiger charge is 2.36. The first-order chi connectivity index (χ1) is 9.54. The third-order valence-electron chi connectivity index (χ3n) is 4.05. The highest BCUT2D eigenvalue weighted by atomic mass is 32.2. The predicted molar refractivity (Wildman–Crippen MR) is 81.4 cm³/mol. The molecule has 0 amide bonds. The van der Waals surface area contributed by atoms with Gasteiger partial charge in [-0.1, -0.05) is 17.8 Å². The summed E-state index contributed by atoms with van der Waals surface area (Å²) in [6.07, 6.45) is 7.17. The fourth-order valence-electron chi connectivity index (χ4n) is 2.60. The monoisotopic (exact) mass is 315 g/mol. The third-order valence-corrected chi connectivity index (χ3v) is 6.90. The minimum Gasteiger partial charge on any atom is -0.296 e. The normalized spacial score (nSPS) is 24.8. The van der Waals surface area contributed by atoms with E-state index in [1.54, 1.807) is 6.20 Å². The maximum Gasteiger partial charge on any atom is 0.237 e. The lowest BCUT2D eigenvalue weighted by molar-refractivity contribution is 0.154. The van der Waals surface area contributed by atoms with Crippen LogP contribution in [0.3, 0.4) is 0 Å². The van der Waals surface area contributed by atoms with E-state index in [0.29, 0.717) is 11.2 Å². The molecule has 2 heterocycles. The topological polar surface area (TPSA) is 62.3 Å². The molecule has 1 aromatic rings. The number of hydrogen-bond acceptors (Lipinski definition) is 5. The summed E-state index contributed by atoms with van der Waals surface area (Å²) in [5, 5.41) is 0.313. The highest BCUT2D eigenvalue weighted by molar-refractivity contribution is 7.93. The fraction of sp³-hybridized carbons (Fsp3) is 0.769. The Morgan fingerprint density at radius 3 is 2.90 bits per heavy atom. The predicted octanol–water partition coefficient (Wildman–Crippen LogP) is 2.42. The first kappa shape index (κ1) is 14.3. The minimum absolute atomic E-state index is 0.197. The molecule has 1 unspecified atom stereocenters. The van der Waals surface area contributed by atoms with E-state index in [0.717, 1.165) is 30.8 Å². The summed E-state index contributed by atoms with van der Waals surface area (Å²) >= 11 is 1.46. The van der Waals surface area contributed by atoms with Crippen molar-refractivity contribution < 1.29 is 8.42 Å². The Kier molecular flexibility index (Phi) is 4.01. The van der Waals surface area contributed by atoms with E-state index in [4.69, 9.17) is 0 Å². The molecule has 1 aliphatic carbocycles. The van der Waals surface area contributed by atoms with Gasteiger partial charge in [0, 0.05) is 23.7 Å². The molecule has 1 saturated carbocycles. The van der Waals surface area contributed by atoms with Crippen molar-refractivity contribution in [3.05, 3.63) is 11.1 Å². The van der Waals surface area contributed by atoms with Gasteiger partial charge in [-0.15, -0.1) is 0 Å². The Labute approximate surface area is 124 Å². The van der Waals surface area contributed by atoms with E-state index >= 15 is 0 Å². The largest absolute Gasteiger partial charge is 0.296 e. The molecule has 3 rings (SSSR count). The Balaban J connectivity index is 1.61. The van der Waals surface area contributed by atoms with Gasteiger partial charge in [0.2, 0.25) is 10.0 Å². The lowest BCUT2D eigenvalue weighted by atomic mass is 10.0.